The molecule has 0 bridgehead atoms. The van der Waals surface area contributed by atoms with Crippen LogP contribution in [-0.4, -0.2) is 41.6 Å². The molecule has 1 aliphatic rings. The summed E-state index contributed by atoms with van der Waals surface area (Å²) in [4.78, 5) is 14.7. The van der Waals surface area contributed by atoms with E-state index in [4.69, 9.17) is 12.2 Å². The lowest BCUT2D eigenvalue weighted by Crippen LogP contribution is -2.42. The van der Waals surface area contributed by atoms with Crippen molar-refractivity contribution in [2.75, 3.05) is 19.6 Å². The van der Waals surface area contributed by atoms with Crippen LogP contribution in [0, 0.1) is 11.7 Å². The Morgan fingerprint density at radius 1 is 1.40 bits per heavy atom. The maximum atomic E-state index is 13.7. The van der Waals surface area contributed by atoms with E-state index in [0.29, 0.717) is 24.7 Å². The molecule has 138 valence electrons. The van der Waals surface area contributed by atoms with Gasteiger partial charge in [-0.2, -0.15) is 0 Å². The number of hydrogen-bond acceptors (Lipinski definition) is 2. The fraction of sp³-hybridized carbons (Fsp3) is 0.579. The summed E-state index contributed by atoms with van der Waals surface area (Å²) < 4.78 is 13.7. The lowest BCUT2D eigenvalue weighted by Gasteiger charge is -2.22. The van der Waals surface area contributed by atoms with Crippen LogP contribution in [0.15, 0.2) is 24.3 Å². The third-order valence-electron chi connectivity index (χ3n) is 4.46. The second kappa shape index (κ2) is 9.13. The SMILES string of the molecule is CCCCNC(=O)C1CN(C(=S)NC(C)C)CC1c1cccc(F)c1. The minimum atomic E-state index is -0.274. The molecule has 1 heterocycles. The number of carbonyl (C=O) groups excluding carboxylic acids is 1. The van der Waals surface area contributed by atoms with Crippen molar-refractivity contribution in [2.24, 2.45) is 5.92 Å². The summed E-state index contributed by atoms with van der Waals surface area (Å²) in [6, 6.07) is 6.78. The number of hydrogen-bond donors (Lipinski definition) is 2. The quantitative estimate of drug-likeness (QED) is 0.601. The summed E-state index contributed by atoms with van der Waals surface area (Å²) in [5.74, 6) is -0.545. The first-order valence-electron chi connectivity index (χ1n) is 9.01. The Morgan fingerprint density at radius 3 is 2.80 bits per heavy atom. The zero-order valence-electron chi connectivity index (χ0n) is 15.2. The zero-order valence-corrected chi connectivity index (χ0v) is 16.0. The number of rotatable bonds is 6. The Morgan fingerprint density at radius 2 is 2.16 bits per heavy atom. The summed E-state index contributed by atoms with van der Waals surface area (Å²) >= 11 is 5.47. The lowest BCUT2D eigenvalue weighted by molar-refractivity contribution is -0.124. The summed E-state index contributed by atoms with van der Waals surface area (Å²) in [5.41, 5.74) is 0.852. The van der Waals surface area contributed by atoms with Gasteiger partial charge in [-0.25, -0.2) is 4.39 Å². The third-order valence-corrected chi connectivity index (χ3v) is 4.84. The van der Waals surface area contributed by atoms with Crippen molar-refractivity contribution in [1.82, 2.24) is 15.5 Å². The summed E-state index contributed by atoms with van der Waals surface area (Å²) in [5, 5.41) is 6.90. The van der Waals surface area contributed by atoms with Crippen LogP contribution in [0.25, 0.3) is 0 Å². The van der Waals surface area contributed by atoms with E-state index in [9.17, 15) is 9.18 Å². The molecule has 2 atom stereocenters. The number of thiocarbonyl (C=S) groups is 1. The number of nitrogens with zero attached hydrogens (tertiary/aromatic N) is 1. The lowest BCUT2D eigenvalue weighted by atomic mass is 9.88. The molecule has 25 heavy (non-hydrogen) atoms. The van der Waals surface area contributed by atoms with Gasteiger partial charge < -0.3 is 15.5 Å². The molecule has 0 spiro atoms. The number of unbranched alkanes of at least 4 members (excludes halogenated alkanes) is 1. The molecule has 1 fully saturated rings. The topological polar surface area (TPSA) is 44.4 Å². The van der Waals surface area contributed by atoms with Crippen LogP contribution in [0.3, 0.4) is 0 Å². The summed E-state index contributed by atoms with van der Waals surface area (Å²) in [6.45, 7) is 8.00. The van der Waals surface area contributed by atoms with Crippen molar-refractivity contribution in [3.8, 4) is 0 Å². The van der Waals surface area contributed by atoms with Crippen molar-refractivity contribution in [2.45, 2.75) is 45.6 Å². The van der Waals surface area contributed by atoms with Gasteiger partial charge in [0.2, 0.25) is 5.91 Å². The Kier molecular flexibility index (Phi) is 7.17. The van der Waals surface area contributed by atoms with E-state index in [1.165, 1.54) is 12.1 Å². The Labute approximate surface area is 155 Å². The van der Waals surface area contributed by atoms with Gasteiger partial charge in [0, 0.05) is 31.6 Å². The minimum Gasteiger partial charge on any atom is -0.360 e. The van der Waals surface area contributed by atoms with Crippen LogP contribution in [0.1, 0.15) is 45.1 Å². The van der Waals surface area contributed by atoms with Crippen molar-refractivity contribution < 1.29 is 9.18 Å². The van der Waals surface area contributed by atoms with Crippen molar-refractivity contribution in [1.29, 1.82) is 0 Å². The van der Waals surface area contributed by atoms with Gasteiger partial charge in [0.05, 0.1) is 5.92 Å². The average Bonchev–Trinajstić information content (AvgIpc) is 3.00. The first-order chi connectivity index (χ1) is 11.9. The number of benzene rings is 1. The van der Waals surface area contributed by atoms with Crippen LogP contribution < -0.4 is 10.6 Å². The molecule has 2 unspecified atom stereocenters. The molecule has 0 aliphatic carbocycles. The predicted octanol–water partition coefficient (Wildman–Crippen LogP) is 3.04. The maximum absolute atomic E-state index is 13.7. The zero-order chi connectivity index (χ0) is 18.4. The van der Waals surface area contributed by atoms with Crippen LogP contribution in [0.2, 0.25) is 0 Å². The highest BCUT2D eigenvalue weighted by molar-refractivity contribution is 7.80. The first kappa shape index (κ1) is 19.6. The van der Waals surface area contributed by atoms with Gasteiger partial charge in [-0.3, -0.25) is 4.79 Å². The van der Waals surface area contributed by atoms with Crippen LogP contribution in [0.4, 0.5) is 4.39 Å². The Bertz CT molecular complexity index is 608. The number of amides is 1. The van der Waals surface area contributed by atoms with Crippen molar-refractivity contribution in [3.05, 3.63) is 35.6 Å². The minimum absolute atomic E-state index is 0.0255. The van der Waals surface area contributed by atoms with Crippen LogP contribution >= 0.6 is 12.2 Å². The van der Waals surface area contributed by atoms with Crippen molar-refractivity contribution in [3.63, 3.8) is 0 Å². The molecule has 0 radical (unpaired) electrons. The normalized spacial score (nSPS) is 20.0. The molecule has 1 aliphatic heterocycles. The second-order valence-electron chi connectivity index (χ2n) is 6.92. The smallest absolute Gasteiger partial charge is 0.225 e. The maximum Gasteiger partial charge on any atom is 0.225 e. The highest BCUT2D eigenvalue weighted by Gasteiger charge is 2.39. The van der Waals surface area contributed by atoms with E-state index in [-0.39, 0.29) is 29.6 Å². The van der Waals surface area contributed by atoms with Gasteiger partial charge in [0.25, 0.3) is 0 Å². The van der Waals surface area contributed by atoms with Gasteiger partial charge in [-0.1, -0.05) is 25.5 Å². The number of carbonyl (C=O) groups is 1. The number of halogens is 1. The molecule has 4 nitrogen and oxygen atoms in total. The molecule has 1 aromatic carbocycles. The van der Waals surface area contributed by atoms with E-state index in [1.807, 2.05) is 24.8 Å². The molecule has 2 N–H and O–H groups in total. The van der Waals surface area contributed by atoms with E-state index >= 15 is 0 Å². The molecule has 0 saturated carbocycles. The van der Waals surface area contributed by atoms with Gasteiger partial charge >= 0.3 is 0 Å². The van der Waals surface area contributed by atoms with Gasteiger partial charge in [-0.15, -0.1) is 0 Å². The van der Waals surface area contributed by atoms with E-state index in [2.05, 4.69) is 17.6 Å². The Hall–Kier alpha value is -1.69. The highest BCUT2D eigenvalue weighted by Crippen LogP contribution is 2.33. The first-order valence-corrected chi connectivity index (χ1v) is 9.41. The highest BCUT2D eigenvalue weighted by atomic mass is 32.1. The van der Waals surface area contributed by atoms with E-state index in [0.717, 1.165) is 18.4 Å². The summed E-state index contributed by atoms with van der Waals surface area (Å²) in [7, 11) is 0. The fourth-order valence-corrected chi connectivity index (χ4v) is 3.55. The van der Waals surface area contributed by atoms with Crippen LogP contribution in [0.5, 0.6) is 0 Å². The summed E-state index contributed by atoms with van der Waals surface area (Å²) in [6.07, 6.45) is 1.99. The van der Waals surface area contributed by atoms with Gasteiger partial charge in [-0.05, 0) is 50.2 Å². The Balaban J connectivity index is 2.16. The third kappa shape index (κ3) is 5.39. The average molecular weight is 366 g/mol. The monoisotopic (exact) mass is 365 g/mol. The van der Waals surface area contributed by atoms with E-state index < -0.39 is 0 Å². The van der Waals surface area contributed by atoms with Crippen LogP contribution in [-0.2, 0) is 4.79 Å². The van der Waals surface area contributed by atoms with Crippen molar-refractivity contribution >= 4 is 23.2 Å². The van der Waals surface area contributed by atoms with Gasteiger partial charge in [0.1, 0.15) is 5.82 Å². The molecular weight excluding hydrogens is 337 g/mol. The largest absolute Gasteiger partial charge is 0.360 e. The molecule has 1 aromatic rings. The molecular formula is C19H28FN3OS. The van der Waals surface area contributed by atoms with E-state index in [1.54, 1.807) is 6.07 Å². The molecule has 2 rings (SSSR count). The van der Waals surface area contributed by atoms with Gasteiger partial charge in [0.15, 0.2) is 5.11 Å². The predicted molar refractivity (Wildman–Crippen MR) is 103 cm³/mol. The standard InChI is InChI=1S/C19H28FN3OS/c1-4-5-9-21-18(24)17-12-23(19(25)22-13(2)3)11-16(17)14-7-6-8-15(20)10-14/h6-8,10,13,16-17H,4-5,9,11-12H2,1-3H3,(H,21,24)(H,22,25). The molecule has 6 heteroatoms. The number of nitrogens with one attached hydrogen (secondary N) is 2. The number of likely N-dealkylation sites (tertiary alicyclic amines) is 1. The molecule has 1 saturated heterocycles. The fourth-order valence-electron chi connectivity index (χ4n) is 3.17. The molecule has 0 aromatic heterocycles. The second-order valence-corrected chi connectivity index (χ2v) is 7.31. The molecule has 1 amide bonds.